The Balaban J connectivity index is 2.53. The first-order chi connectivity index (χ1) is 9.61. The van der Waals surface area contributed by atoms with Crippen molar-refractivity contribution in [3.8, 4) is 0 Å². The van der Waals surface area contributed by atoms with E-state index >= 15 is 0 Å². The van der Waals surface area contributed by atoms with Crippen LogP contribution in [0.15, 0.2) is 12.1 Å². The minimum atomic E-state index is -3.87. The Kier molecular flexibility index (Phi) is 3.96. The van der Waals surface area contributed by atoms with Crippen molar-refractivity contribution in [2.45, 2.75) is 18.6 Å². The summed E-state index contributed by atoms with van der Waals surface area (Å²) in [5, 5.41) is 13.5. The van der Waals surface area contributed by atoms with Crippen molar-refractivity contribution in [2.24, 2.45) is 5.14 Å². The Morgan fingerprint density at radius 2 is 2.10 bits per heavy atom. The largest absolute Gasteiger partial charge is 0.478 e. The third-order valence-corrected chi connectivity index (χ3v) is 4.78. The summed E-state index contributed by atoms with van der Waals surface area (Å²) in [5.74, 6) is -1.73. The number of carbonyl (C=O) groups excluding carboxylic acids is 1. The van der Waals surface area contributed by atoms with Gasteiger partial charge in [-0.25, -0.2) is 18.4 Å². The summed E-state index contributed by atoms with van der Waals surface area (Å²) in [6.45, 7) is 1.44. The minimum absolute atomic E-state index is 0.150. The molecule has 0 aliphatic carbocycles. The number of carboxylic acids is 1. The van der Waals surface area contributed by atoms with Gasteiger partial charge < -0.3 is 10.0 Å². The molecule has 21 heavy (non-hydrogen) atoms. The molecule has 114 valence electrons. The second-order valence-electron chi connectivity index (χ2n) is 4.84. The van der Waals surface area contributed by atoms with E-state index in [0.717, 1.165) is 4.90 Å². The number of primary sulfonamides is 1. The second kappa shape index (κ2) is 5.28. The van der Waals surface area contributed by atoms with Crippen LogP contribution < -0.4 is 10.0 Å². The maximum Gasteiger partial charge on any atom is 0.337 e. The minimum Gasteiger partial charge on any atom is -0.478 e. The van der Waals surface area contributed by atoms with Crippen LogP contribution in [0, 0.1) is 6.92 Å². The summed E-state index contributed by atoms with van der Waals surface area (Å²) in [7, 11) is -3.87. The number of anilines is 1. The lowest BCUT2D eigenvalue weighted by molar-refractivity contribution is -0.117. The summed E-state index contributed by atoms with van der Waals surface area (Å²) in [6.07, 6.45) is -0.264. The molecular formula is C12H13ClN2O5S. The number of carboxylic acid groups (broad SMARTS) is 1. The molecule has 1 heterocycles. The highest BCUT2D eigenvalue weighted by atomic mass is 35.5. The van der Waals surface area contributed by atoms with Crippen molar-refractivity contribution in [3.63, 3.8) is 0 Å². The standard InChI is InChI=1S/C12H13ClN2O5S/c1-6-2-7(13)3-9(12(17)18)11(6)15-5-8(4-10(15)16)21(14,19)20/h2-3,8H,4-5H2,1H3,(H,17,18)(H2,14,19,20). The number of aryl methyl sites for hydroxylation is 1. The number of carbonyl (C=O) groups is 2. The average molecular weight is 333 g/mol. The maximum atomic E-state index is 12.0. The Morgan fingerprint density at radius 1 is 1.48 bits per heavy atom. The van der Waals surface area contributed by atoms with Crippen molar-refractivity contribution in [1.29, 1.82) is 0 Å². The summed E-state index contributed by atoms with van der Waals surface area (Å²) in [6, 6.07) is 2.74. The molecule has 1 aromatic carbocycles. The van der Waals surface area contributed by atoms with Gasteiger partial charge in [0.15, 0.2) is 0 Å². The van der Waals surface area contributed by atoms with Crippen LogP contribution in [-0.2, 0) is 14.8 Å². The first-order valence-electron chi connectivity index (χ1n) is 5.96. The third kappa shape index (κ3) is 3.02. The molecule has 1 atom stereocenters. The third-order valence-electron chi connectivity index (χ3n) is 3.32. The SMILES string of the molecule is Cc1cc(Cl)cc(C(=O)O)c1N1CC(S(N)(=O)=O)CC1=O. The molecule has 3 N–H and O–H groups in total. The fourth-order valence-corrected chi connectivity index (χ4v) is 3.37. The van der Waals surface area contributed by atoms with Gasteiger partial charge in [0.05, 0.1) is 11.3 Å². The first kappa shape index (κ1) is 15.7. The molecule has 0 saturated carbocycles. The average Bonchev–Trinajstić information content (AvgIpc) is 2.70. The number of aromatic carboxylic acids is 1. The molecule has 9 heteroatoms. The zero-order valence-corrected chi connectivity index (χ0v) is 12.6. The van der Waals surface area contributed by atoms with E-state index < -0.39 is 27.1 Å². The molecule has 1 unspecified atom stereocenters. The molecule has 0 radical (unpaired) electrons. The fourth-order valence-electron chi connectivity index (χ4n) is 2.37. The van der Waals surface area contributed by atoms with Crippen molar-refractivity contribution < 1.29 is 23.1 Å². The van der Waals surface area contributed by atoms with E-state index in [9.17, 15) is 23.1 Å². The molecule has 1 fully saturated rings. The second-order valence-corrected chi connectivity index (χ2v) is 7.12. The Hall–Kier alpha value is -1.64. The van der Waals surface area contributed by atoms with Gasteiger partial charge in [-0.1, -0.05) is 11.6 Å². The van der Waals surface area contributed by atoms with Crippen LogP contribution in [0.4, 0.5) is 5.69 Å². The highest BCUT2D eigenvalue weighted by Crippen LogP contribution is 2.33. The predicted octanol–water partition coefficient (Wildman–Crippen LogP) is 0.740. The van der Waals surface area contributed by atoms with Crippen LogP contribution in [0.25, 0.3) is 0 Å². The number of benzene rings is 1. The number of hydrogen-bond donors (Lipinski definition) is 2. The molecular weight excluding hydrogens is 320 g/mol. The summed E-state index contributed by atoms with van der Waals surface area (Å²) in [4.78, 5) is 24.5. The van der Waals surface area contributed by atoms with Gasteiger partial charge in [-0.05, 0) is 24.6 Å². The van der Waals surface area contributed by atoms with Gasteiger partial charge in [0, 0.05) is 18.0 Å². The van der Waals surface area contributed by atoms with Crippen molar-refractivity contribution in [1.82, 2.24) is 0 Å². The van der Waals surface area contributed by atoms with Crippen molar-refractivity contribution in [2.75, 3.05) is 11.4 Å². The number of rotatable bonds is 3. The van der Waals surface area contributed by atoms with E-state index in [0.29, 0.717) is 5.56 Å². The van der Waals surface area contributed by atoms with E-state index in [1.165, 1.54) is 12.1 Å². The van der Waals surface area contributed by atoms with Gasteiger partial charge in [0.25, 0.3) is 0 Å². The van der Waals surface area contributed by atoms with E-state index in [-0.39, 0.29) is 29.2 Å². The number of nitrogens with two attached hydrogens (primary N) is 1. The van der Waals surface area contributed by atoms with Crippen LogP contribution in [-0.4, -0.2) is 37.2 Å². The van der Waals surface area contributed by atoms with Gasteiger partial charge in [-0.3, -0.25) is 4.79 Å². The zero-order valence-electron chi connectivity index (χ0n) is 11.0. The molecule has 2 rings (SSSR count). The summed E-state index contributed by atoms with van der Waals surface area (Å²) in [5.41, 5.74) is 0.481. The molecule has 1 amide bonds. The maximum absolute atomic E-state index is 12.0. The number of nitrogens with zero attached hydrogens (tertiary/aromatic N) is 1. The molecule has 1 saturated heterocycles. The molecule has 7 nitrogen and oxygen atoms in total. The highest BCUT2D eigenvalue weighted by Gasteiger charge is 2.39. The predicted molar refractivity (Wildman–Crippen MR) is 77.0 cm³/mol. The molecule has 1 aliphatic heterocycles. The highest BCUT2D eigenvalue weighted by molar-refractivity contribution is 7.89. The molecule has 0 spiro atoms. The lowest BCUT2D eigenvalue weighted by Crippen LogP contribution is -2.33. The Bertz CT molecular complexity index is 731. The fraction of sp³-hybridized carbons (Fsp3) is 0.333. The monoisotopic (exact) mass is 332 g/mol. The molecule has 0 bridgehead atoms. The summed E-state index contributed by atoms with van der Waals surface area (Å²) >= 11 is 5.83. The van der Waals surface area contributed by atoms with Crippen LogP contribution in [0.2, 0.25) is 5.02 Å². The van der Waals surface area contributed by atoms with Crippen LogP contribution >= 0.6 is 11.6 Å². The van der Waals surface area contributed by atoms with Gasteiger partial charge in [0.2, 0.25) is 15.9 Å². The number of halogens is 1. The number of amides is 1. The topological polar surface area (TPSA) is 118 Å². The Morgan fingerprint density at radius 3 is 2.57 bits per heavy atom. The van der Waals surface area contributed by atoms with Crippen molar-refractivity contribution >= 4 is 39.2 Å². The normalized spacial score (nSPS) is 19.1. The van der Waals surface area contributed by atoms with Gasteiger partial charge in [0.1, 0.15) is 5.25 Å². The van der Waals surface area contributed by atoms with E-state index in [1.54, 1.807) is 6.92 Å². The van der Waals surface area contributed by atoms with Gasteiger partial charge in [-0.2, -0.15) is 0 Å². The van der Waals surface area contributed by atoms with Crippen LogP contribution in [0.5, 0.6) is 0 Å². The first-order valence-corrected chi connectivity index (χ1v) is 7.95. The molecule has 1 aliphatic rings. The lowest BCUT2D eigenvalue weighted by Gasteiger charge is -2.21. The van der Waals surface area contributed by atoms with Crippen LogP contribution in [0.1, 0.15) is 22.3 Å². The Labute approximate surface area is 126 Å². The number of hydrogen-bond acceptors (Lipinski definition) is 4. The van der Waals surface area contributed by atoms with Gasteiger partial charge >= 0.3 is 5.97 Å². The smallest absolute Gasteiger partial charge is 0.337 e. The molecule has 1 aromatic rings. The van der Waals surface area contributed by atoms with Crippen LogP contribution in [0.3, 0.4) is 0 Å². The lowest BCUT2D eigenvalue weighted by atomic mass is 10.1. The quantitative estimate of drug-likeness (QED) is 0.846. The number of sulfonamides is 1. The van der Waals surface area contributed by atoms with E-state index in [4.69, 9.17) is 16.7 Å². The van der Waals surface area contributed by atoms with Crippen molar-refractivity contribution in [3.05, 3.63) is 28.3 Å². The van der Waals surface area contributed by atoms with E-state index in [2.05, 4.69) is 0 Å². The zero-order chi connectivity index (χ0) is 15.9. The molecule has 0 aromatic heterocycles. The summed E-state index contributed by atoms with van der Waals surface area (Å²) < 4.78 is 22.8. The van der Waals surface area contributed by atoms with E-state index in [1.807, 2.05) is 0 Å². The van der Waals surface area contributed by atoms with Gasteiger partial charge in [-0.15, -0.1) is 0 Å².